The second-order valence-corrected chi connectivity index (χ2v) is 8.58. The van der Waals surface area contributed by atoms with Crippen molar-refractivity contribution in [3.05, 3.63) is 48.2 Å². The largest absolute Gasteiger partial charge is 0.488 e. The van der Waals surface area contributed by atoms with E-state index in [0.717, 1.165) is 10.9 Å². The maximum atomic E-state index is 13.2. The molecule has 2 aromatic carbocycles. The van der Waals surface area contributed by atoms with E-state index in [0.29, 0.717) is 54.7 Å². The fourth-order valence-electron chi connectivity index (χ4n) is 5.13. The lowest BCUT2D eigenvalue weighted by Crippen LogP contribution is -2.42. The first-order valence-electron chi connectivity index (χ1n) is 10.6. The number of rotatable bonds is 3. The predicted octanol–water partition coefficient (Wildman–Crippen LogP) is 2.58. The second kappa shape index (κ2) is 7.16. The average Bonchev–Trinajstić information content (AvgIpc) is 3.51. The molecule has 8 heteroatoms. The van der Waals surface area contributed by atoms with Crippen LogP contribution in [-0.2, 0) is 0 Å². The van der Waals surface area contributed by atoms with Crippen LogP contribution in [0.3, 0.4) is 0 Å². The van der Waals surface area contributed by atoms with Crippen LogP contribution in [0.4, 0.5) is 0 Å². The summed E-state index contributed by atoms with van der Waals surface area (Å²) >= 11 is 0. The number of carbonyl (C=O) groups excluding carboxylic acids is 1. The zero-order valence-corrected chi connectivity index (χ0v) is 16.9. The monoisotopic (exact) mass is 421 g/mol. The fourth-order valence-corrected chi connectivity index (χ4v) is 5.13. The zero-order chi connectivity index (χ0) is 20.9. The second-order valence-electron chi connectivity index (χ2n) is 8.58. The summed E-state index contributed by atoms with van der Waals surface area (Å²) in [4.78, 5) is 15.1. The van der Waals surface area contributed by atoms with Gasteiger partial charge in [-0.2, -0.15) is 5.10 Å². The van der Waals surface area contributed by atoms with E-state index in [-0.39, 0.29) is 24.7 Å². The molecule has 6 rings (SSSR count). The van der Waals surface area contributed by atoms with E-state index in [2.05, 4.69) is 10.2 Å². The molecule has 8 nitrogen and oxygen atoms in total. The lowest BCUT2D eigenvalue weighted by atomic mass is 9.78. The highest BCUT2D eigenvalue weighted by molar-refractivity contribution is 6.05. The van der Waals surface area contributed by atoms with Crippen LogP contribution in [0, 0.1) is 11.8 Å². The molecule has 2 fully saturated rings. The van der Waals surface area contributed by atoms with Gasteiger partial charge in [-0.1, -0.05) is 12.1 Å². The molecule has 0 bridgehead atoms. The van der Waals surface area contributed by atoms with E-state index in [9.17, 15) is 9.90 Å². The Morgan fingerprint density at radius 1 is 1.13 bits per heavy atom. The molecule has 2 aliphatic heterocycles. The Labute approximate surface area is 178 Å². The number of aliphatic hydroxyl groups excluding tert-OH is 1. The van der Waals surface area contributed by atoms with Gasteiger partial charge in [0.15, 0.2) is 11.5 Å². The van der Waals surface area contributed by atoms with Crippen LogP contribution in [0.15, 0.2) is 42.6 Å². The molecule has 0 radical (unpaired) electrons. The summed E-state index contributed by atoms with van der Waals surface area (Å²) in [6, 6.07) is 11.1. The Morgan fingerprint density at radius 3 is 2.87 bits per heavy atom. The van der Waals surface area contributed by atoms with Gasteiger partial charge >= 0.3 is 0 Å². The van der Waals surface area contributed by atoms with Gasteiger partial charge in [-0.05, 0) is 42.9 Å². The molecule has 3 heterocycles. The van der Waals surface area contributed by atoms with Crippen LogP contribution < -0.4 is 14.2 Å². The molecule has 1 saturated heterocycles. The molecule has 1 amide bonds. The molecule has 3 aromatic rings. The number of nitrogens with zero attached hydrogens (tertiary/aromatic N) is 2. The quantitative estimate of drug-likeness (QED) is 0.675. The smallest absolute Gasteiger partial charge is 0.256 e. The summed E-state index contributed by atoms with van der Waals surface area (Å²) in [6.07, 6.45) is 2.17. The summed E-state index contributed by atoms with van der Waals surface area (Å²) in [5.41, 5.74) is 1.41. The predicted molar refractivity (Wildman–Crippen MR) is 111 cm³/mol. The highest BCUT2D eigenvalue weighted by atomic mass is 16.7. The number of carbonyl (C=O) groups is 1. The van der Waals surface area contributed by atoms with Crippen LogP contribution in [0.2, 0.25) is 0 Å². The van der Waals surface area contributed by atoms with Crippen LogP contribution in [0.25, 0.3) is 10.9 Å². The summed E-state index contributed by atoms with van der Waals surface area (Å²) in [5.74, 6) is 2.60. The highest BCUT2D eigenvalue weighted by Gasteiger charge is 2.44. The third-order valence-corrected chi connectivity index (χ3v) is 6.71. The van der Waals surface area contributed by atoms with Gasteiger partial charge in [0, 0.05) is 24.5 Å². The van der Waals surface area contributed by atoms with Gasteiger partial charge in [0.05, 0.1) is 23.4 Å². The van der Waals surface area contributed by atoms with Crippen LogP contribution in [0.5, 0.6) is 17.2 Å². The molecule has 1 saturated carbocycles. The van der Waals surface area contributed by atoms with Crippen molar-refractivity contribution in [3.8, 4) is 17.2 Å². The number of H-pyrrole nitrogens is 1. The van der Waals surface area contributed by atoms with Gasteiger partial charge in [0.2, 0.25) is 6.79 Å². The third-order valence-electron chi connectivity index (χ3n) is 6.71. The Morgan fingerprint density at radius 2 is 1.97 bits per heavy atom. The Balaban J connectivity index is 1.16. The summed E-state index contributed by atoms with van der Waals surface area (Å²) < 4.78 is 16.9. The number of aliphatic hydroxyl groups is 1. The molecule has 2 N–H and O–H groups in total. The normalized spacial score (nSPS) is 26.8. The van der Waals surface area contributed by atoms with Crippen LogP contribution >= 0.6 is 0 Å². The third kappa shape index (κ3) is 3.18. The van der Waals surface area contributed by atoms with Gasteiger partial charge < -0.3 is 24.2 Å². The molecule has 160 valence electrons. The van der Waals surface area contributed by atoms with Gasteiger partial charge in [0.25, 0.3) is 5.91 Å². The molecule has 31 heavy (non-hydrogen) atoms. The van der Waals surface area contributed by atoms with Gasteiger partial charge in [-0.3, -0.25) is 9.89 Å². The van der Waals surface area contributed by atoms with Crippen LogP contribution in [0.1, 0.15) is 23.2 Å². The minimum atomic E-state index is -0.572. The number of ether oxygens (including phenoxy) is 3. The number of amides is 1. The maximum Gasteiger partial charge on any atom is 0.256 e. The van der Waals surface area contributed by atoms with E-state index >= 15 is 0 Å². The molecule has 1 aromatic heterocycles. The number of nitrogens with one attached hydrogen (secondary N) is 1. The number of para-hydroxylation sites is 1. The van der Waals surface area contributed by atoms with Crippen molar-refractivity contribution in [3.63, 3.8) is 0 Å². The fraction of sp³-hybridized carbons (Fsp3) is 0.391. The van der Waals surface area contributed by atoms with Crippen molar-refractivity contribution in [2.45, 2.75) is 25.0 Å². The Bertz CT molecular complexity index is 1150. The van der Waals surface area contributed by atoms with Gasteiger partial charge in [0.1, 0.15) is 11.9 Å². The number of hydrogen-bond donors (Lipinski definition) is 2. The van der Waals surface area contributed by atoms with Crippen LogP contribution in [-0.4, -0.2) is 58.2 Å². The van der Waals surface area contributed by atoms with E-state index in [1.165, 1.54) is 0 Å². The van der Waals surface area contributed by atoms with Gasteiger partial charge in [-0.15, -0.1) is 0 Å². The number of benzene rings is 2. The van der Waals surface area contributed by atoms with Crippen molar-refractivity contribution in [1.29, 1.82) is 0 Å². The standard InChI is InChI=1S/C23H23N3O5/c27-18-6-14-10-26(23(28)17-3-1-2-13-9-24-25-22(13)17)11-15(14)7-20(18)31-16-4-5-19-21(8-16)30-12-29-19/h1-5,8-9,14-15,18,20,27H,6-7,10-12H2,(H,24,25)/t14-,15+,18+,20+/m0/s1. The number of likely N-dealkylation sites (tertiary alicyclic amines) is 1. The van der Waals surface area contributed by atoms with E-state index in [1.54, 1.807) is 12.3 Å². The molecule has 0 spiro atoms. The lowest BCUT2D eigenvalue weighted by Gasteiger charge is -2.35. The molecule has 3 aliphatic rings. The molecule has 4 atom stereocenters. The number of fused-ring (bicyclic) bond motifs is 3. The number of aromatic nitrogens is 2. The molecule has 1 aliphatic carbocycles. The van der Waals surface area contributed by atoms with E-state index in [4.69, 9.17) is 14.2 Å². The lowest BCUT2D eigenvalue weighted by molar-refractivity contribution is -0.0232. The summed E-state index contributed by atoms with van der Waals surface area (Å²) in [5, 5.41) is 18.7. The first-order valence-corrected chi connectivity index (χ1v) is 10.6. The van der Waals surface area contributed by atoms with Crippen molar-refractivity contribution in [1.82, 2.24) is 15.1 Å². The first kappa shape index (κ1) is 18.5. The van der Waals surface area contributed by atoms with E-state index < -0.39 is 6.10 Å². The first-order chi connectivity index (χ1) is 15.2. The van der Waals surface area contributed by atoms with Gasteiger partial charge in [-0.25, -0.2) is 0 Å². The minimum Gasteiger partial charge on any atom is -0.488 e. The molecular weight excluding hydrogens is 398 g/mol. The average molecular weight is 421 g/mol. The topological polar surface area (TPSA) is 96.9 Å². The molecular formula is C23H23N3O5. The molecule has 0 unspecified atom stereocenters. The summed E-state index contributed by atoms with van der Waals surface area (Å²) in [7, 11) is 0. The van der Waals surface area contributed by atoms with Crippen molar-refractivity contribution in [2.75, 3.05) is 19.9 Å². The highest BCUT2D eigenvalue weighted by Crippen LogP contribution is 2.40. The van der Waals surface area contributed by atoms with Crippen molar-refractivity contribution >= 4 is 16.8 Å². The van der Waals surface area contributed by atoms with E-state index in [1.807, 2.05) is 35.2 Å². The summed E-state index contributed by atoms with van der Waals surface area (Å²) in [6.45, 7) is 1.54. The zero-order valence-electron chi connectivity index (χ0n) is 16.9. The minimum absolute atomic E-state index is 0.00646. The maximum absolute atomic E-state index is 13.2. The van der Waals surface area contributed by atoms with Crippen molar-refractivity contribution in [2.24, 2.45) is 11.8 Å². The Kier molecular flexibility index (Phi) is 4.27. The number of hydrogen-bond acceptors (Lipinski definition) is 6. The van der Waals surface area contributed by atoms with Crippen molar-refractivity contribution < 1.29 is 24.1 Å². The SMILES string of the molecule is O=C(c1cccc2cn[nH]c12)N1C[C@H]2C[C@@H](Oc3ccc4c(c3)OCO4)[C@H](O)C[C@H]2C1. The Hall–Kier alpha value is -3.26. The number of aromatic amines is 1.